The van der Waals surface area contributed by atoms with Gasteiger partial charge in [-0.2, -0.15) is 0 Å². The molecule has 0 N–H and O–H groups in total. The number of thioether (sulfide) groups is 4. The number of hydrogen-bond donors (Lipinski definition) is 0. The molecule has 4 heteroatoms. The molecule has 0 aliphatic carbocycles. The average Bonchev–Trinajstić information content (AvgIpc) is 2.96. The molecule has 2 rings (SSSR count). The van der Waals surface area contributed by atoms with Crippen LogP contribution in [0.2, 0.25) is 0 Å². The van der Waals surface area contributed by atoms with Crippen molar-refractivity contribution in [1.82, 2.24) is 0 Å². The minimum absolute atomic E-state index is 1.43. The van der Waals surface area contributed by atoms with Crippen LogP contribution in [0.15, 0.2) is 56.4 Å². The second-order valence-electron chi connectivity index (χ2n) is 1.59. The first-order valence-corrected chi connectivity index (χ1v) is 7.19. The molecule has 2 aliphatic heterocycles. The molecule has 0 aromatic carbocycles. The normalized spacial score (nSPS) is 17.1. The second-order valence-corrected chi connectivity index (χ2v) is 5.77. The highest BCUT2D eigenvalue weighted by Gasteiger charge is 2.12. The summed E-state index contributed by atoms with van der Waals surface area (Å²) in [6.07, 6.45) is 0. The maximum Gasteiger partial charge on any atom is 0.0694 e. The van der Waals surface area contributed by atoms with Gasteiger partial charge < -0.3 is 0 Å². The first kappa shape index (κ1) is 14.1. The fraction of sp³-hybridized carbons (Fsp3) is 0. The summed E-state index contributed by atoms with van der Waals surface area (Å²) in [7, 11) is 0. The molecule has 0 amide bonds. The Morgan fingerprint density at radius 3 is 1.00 bits per heavy atom. The highest BCUT2D eigenvalue weighted by molar-refractivity contribution is 8.33. The molecule has 0 saturated carbocycles. The molecule has 0 bridgehead atoms. The molecular weight excluding hydrogens is 248 g/mol. The zero-order chi connectivity index (χ0) is 10.8. The topological polar surface area (TPSA) is 0 Å². The largest absolute Gasteiger partial charge is 0.106 e. The lowest BCUT2D eigenvalue weighted by atomic mass is 11.2. The van der Waals surface area contributed by atoms with Crippen molar-refractivity contribution in [2.75, 3.05) is 0 Å². The van der Waals surface area contributed by atoms with Gasteiger partial charge in [-0.25, -0.2) is 0 Å². The predicted octanol–water partition coefficient (Wildman–Crippen LogP) is 5.62. The molecule has 2 aliphatic rings. The van der Waals surface area contributed by atoms with Gasteiger partial charge in [0.1, 0.15) is 0 Å². The van der Waals surface area contributed by atoms with Gasteiger partial charge in [0, 0.05) is 0 Å². The molecule has 2 heterocycles. The molecule has 0 spiro atoms. The molecule has 0 radical (unpaired) electrons. The molecular formula is C10H12S4. The summed E-state index contributed by atoms with van der Waals surface area (Å²) in [5.74, 6) is 0. The van der Waals surface area contributed by atoms with Crippen molar-refractivity contribution in [1.29, 1.82) is 0 Å². The van der Waals surface area contributed by atoms with E-state index >= 15 is 0 Å². The van der Waals surface area contributed by atoms with Crippen molar-refractivity contribution in [3.63, 3.8) is 0 Å². The summed E-state index contributed by atoms with van der Waals surface area (Å²) < 4.78 is 2.86. The van der Waals surface area contributed by atoms with Crippen LogP contribution in [0, 0.1) is 0 Å². The van der Waals surface area contributed by atoms with E-state index in [0.29, 0.717) is 0 Å². The van der Waals surface area contributed by atoms with Crippen LogP contribution >= 0.6 is 47.0 Å². The summed E-state index contributed by atoms with van der Waals surface area (Å²) in [5.41, 5.74) is 0. The van der Waals surface area contributed by atoms with E-state index in [2.05, 4.69) is 47.9 Å². The lowest BCUT2D eigenvalue weighted by Gasteiger charge is -1.97. The molecule has 76 valence electrons. The first-order chi connectivity index (χ1) is 6.97. The number of hydrogen-bond acceptors (Lipinski definition) is 4. The maximum absolute atomic E-state index is 3.00. The van der Waals surface area contributed by atoms with Crippen molar-refractivity contribution in [3.8, 4) is 0 Å². The second kappa shape index (κ2) is 9.65. The van der Waals surface area contributed by atoms with Gasteiger partial charge in [0.2, 0.25) is 0 Å². The Hall–Kier alpha value is 0.1000. The van der Waals surface area contributed by atoms with E-state index in [-0.39, 0.29) is 0 Å². The van der Waals surface area contributed by atoms with Gasteiger partial charge >= 0.3 is 0 Å². The minimum Gasteiger partial charge on any atom is -0.106 e. The van der Waals surface area contributed by atoms with E-state index in [0.717, 1.165) is 0 Å². The van der Waals surface area contributed by atoms with Crippen molar-refractivity contribution in [2.24, 2.45) is 0 Å². The van der Waals surface area contributed by atoms with Crippen LogP contribution < -0.4 is 0 Å². The Balaban J connectivity index is 0.000000379. The Kier molecular flexibility index (Phi) is 9.72. The SMILES string of the molecule is C1=CSC(=C2SC=CS2)S1.C=C.C=C. The van der Waals surface area contributed by atoms with Crippen molar-refractivity contribution < 1.29 is 0 Å². The maximum atomic E-state index is 3.00. The van der Waals surface area contributed by atoms with Crippen LogP contribution in [0.4, 0.5) is 0 Å². The van der Waals surface area contributed by atoms with Crippen molar-refractivity contribution >= 4 is 47.0 Å². The van der Waals surface area contributed by atoms with Gasteiger partial charge in [0.05, 0.1) is 8.47 Å². The molecule has 14 heavy (non-hydrogen) atoms. The Bertz CT molecular complexity index is 207. The highest BCUT2D eigenvalue weighted by atomic mass is 32.2. The van der Waals surface area contributed by atoms with Crippen LogP contribution in [0.3, 0.4) is 0 Å². The van der Waals surface area contributed by atoms with Gasteiger partial charge in [-0.05, 0) is 21.6 Å². The van der Waals surface area contributed by atoms with Gasteiger partial charge in [-0.3, -0.25) is 0 Å². The van der Waals surface area contributed by atoms with E-state index in [1.165, 1.54) is 8.47 Å². The van der Waals surface area contributed by atoms with Crippen LogP contribution in [0.5, 0.6) is 0 Å². The van der Waals surface area contributed by atoms with Gasteiger partial charge in [0.25, 0.3) is 0 Å². The Morgan fingerprint density at radius 2 is 0.786 bits per heavy atom. The number of rotatable bonds is 0. The van der Waals surface area contributed by atoms with Gasteiger partial charge in [-0.15, -0.1) is 26.3 Å². The quantitative estimate of drug-likeness (QED) is 0.518. The standard InChI is InChI=1S/C6H4S4.2C2H4/c1-2-8-5(7-1)6-9-3-4-10-6;2*1-2/h1-4H;2*1-2H2. The monoisotopic (exact) mass is 260 g/mol. The van der Waals surface area contributed by atoms with Crippen molar-refractivity contribution in [2.45, 2.75) is 0 Å². The average molecular weight is 260 g/mol. The molecule has 0 aromatic rings. The van der Waals surface area contributed by atoms with Gasteiger partial charge in [0.15, 0.2) is 0 Å². The molecule has 0 nitrogen and oxygen atoms in total. The van der Waals surface area contributed by atoms with E-state index in [9.17, 15) is 0 Å². The third kappa shape index (κ3) is 4.55. The van der Waals surface area contributed by atoms with Crippen molar-refractivity contribution in [3.05, 3.63) is 56.4 Å². The molecule has 0 atom stereocenters. The van der Waals surface area contributed by atoms with E-state index < -0.39 is 0 Å². The summed E-state index contributed by atoms with van der Waals surface area (Å²) in [6, 6.07) is 0. The van der Waals surface area contributed by atoms with Crippen LogP contribution in [0.25, 0.3) is 0 Å². The summed E-state index contributed by atoms with van der Waals surface area (Å²) >= 11 is 7.28. The minimum atomic E-state index is 1.43. The summed E-state index contributed by atoms with van der Waals surface area (Å²) in [6.45, 7) is 12.0. The molecule has 0 aromatic heterocycles. The lowest BCUT2D eigenvalue weighted by Crippen LogP contribution is -1.62. The highest BCUT2D eigenvalue weighted by Crippen LogP contribution is 2.50. The molecule has 0 saturated heterocycles. The Labute approximate surface area is 103 Å². The summed E-state index contributed by atoms with van der Waals surface area (Å²) in [5, 5.41) is 8.53. The molecule has 0 fully saturated rings. The van der Waals surface area contributed by atoms with E-state index in [1.54, 1.807) is 0 Å². The molecule has 0 unspecified atom stereocenters. The van der Waals surface area contributed by atoms with Crippen LogP contribution in [-0.2, 0) is 0 Å². The Morgan fingerprint density at radius 1 is 0.571 bits per heavy atom. The van der Waals surface area contributed by atoms with E-state index in [1.807, 2.05) is 47.0 Å². The zero-order valence-corrected chi connectivity index (χ0v) is 11.0. The lowest BCUT2D eigenvalue weighted by molar-refractivity contribution is 2.38. The third-order valence-corrected chi connectivity index (χ3v) is 5.76. The van der Waals surface area contributed by atoms with Crippen LogP contribution in [0.1, 0.15) is 0 Å². The van der Waals surface area contributed by atoms with Crippen LogP contribution in [-0.4, -0.2) is 0 Å². The predicted molar refractivity (Wildman–Crippen MR) is 78.2 cm³/mol. The fourth-order valence-electron chi connectivity index (χ4n) is 0.606. The first-order valence-electron chi connectivity index (χ1n) is 3.68. The summed E-state index contributed by atoms with van der Waals surface area (Å²) in [4.78, 5) is 0. The third-order valence-electron chi connectivity index (χ3n) is 0.978. The fourth-order valence-corrected chi connectivity index (χ4v) is 4.64. The smallest absolute Gasteiger partial charge is 0.0694 e. The van der Waals surface area contributed by atoms with Gasteiger partial charge in [-0.1, -0.05) is 47.0 Å². The zero-order valence-electron chi connectivity index (χ0n) is 7.77. The van der Waals surface area contributed by atoms with E-state index in [4.69, 9.17) is 0 Å².